The highest BCUT2D eigenvalue weighted by molar-refractivity contribution is 5.94. The number of rotatable bonds is 6. The van der Waals surface area contributed by atoms with Crippen molar-refractivity contribution in [2.45, 2.75) is 45.6 Å². The van der Waals surface area contributed by atoms with Crippen molar-refractivity contribution >= 4 is 11.5 Å². The molecule has 2 rings (SSSR count). The molecule has 0 aromatic heterocycles. The molecule has 0 unspecified atom stereocenters. The van der Waals surface area contributed by atoms with Crippen molar-refractivity contribution in [3.8, 4) is 0 Å². The van der Waals surface area contributed by atoms with Crippen LogP contribution in [0.2, 0.25) is 0 Å². The van der Waals surface area contributed by atoms with E-state index in [2.05, 4.69) is 24.0 Å². The highest BCUT2D eigenvalue weighted by Gasteiger charge is 2.28. The average Bonchev–Trinajstić information content (AvgIpc) is 3.14. The van der Waals surface area contributed by atoms with Crippen LogP contribution in [0.15, 0.2) is 24.3 Å². The van der Waals surface area contributed by atoms with Crippen molar-refractivity contribution in [2.24, 2.45) is 0 Å². The molecule has 0 saturated heterocycles. The van der Waals surface area contributed by atoms with Crippen molar-refractivity contribution in [1.82, 2.24) is 0 Å². The van der Waals surface area contributed by atoms with Crippen LogP contribution in [0, 0.1) is 0 Å². The van der Waals surface area contributed by atoms with Gasteiger partial charge in [-0.15, -0.1) is 0 Å². The number of nitrogens with zero attached hydrogens (tertiary/aromatic N) is 1. The van der Waals surface area contributed by atoms with Gasteiger partial charge in [0.1, 0.15) is 0 Å². The molecule has 1 aliphatic carbocycles. The zero-order chi connectivity index (χ0) is 12.3. The summed E-state index contributed by atoms with van der Waals surface area (Å²) in [5.74, 6) is 0.142. The van der Waals surface area contributed by atoms with Gasteiger partial charge in [0.2, 0.25) is 0 Å². The van der Waals surface area contributed by atoms with Crippen molar-refractivity contribution < 1.29 is 4.79 Å². The molecule has 1 saturated carbocycles. The van der Waals surface area contributed by atoms with E-state index in [1.807, 2.05) is 12.1 Å². The molecule has 92 valence electrons. The van der Waals surface area contributed by atoms with Gasteiger partial charge in [0.05, 0.1) is 0 Å². The maximum Gasteiger partial charge on any atom is 0.159 e. The Bertz CT molecular complexity index is 378. The molecule has 1 aromatic rings. The van der Waals surface area contributed by atoms with Crippen LogP contribution in [-0.2, 0) is 0 Å². The fraction of sp³-hybridized carbons (Fsp3) is 0.533. The van der Waals surface area contributed by atoms with Gasteiger partial charge in [0.15, 0.2) is 5.78 Å². The summed E-state index contributed by atoms with van der Waals surface area (Å²) >= 11 is 0. The molecule has 0 N–H and O–H groups in total. The summed E-state index contributed by atoms with van der Waals surface area (Å²) in [6, 6.07) is 8.80. The van der Waals surface area contributed by atoms with Crippen LogP contribution in [0.25, 0.3) is 0 Å². The Labute approximate surface area is 104 Å². The van der Waals surface area contributed by atoms with Crippen molar-refractivity contribution in [3.63, 3.8) is 0 Å². The molecule has 2 heteroatoms. The second kappa shape index (κ2) is 5.35. The van der Waals surface area contributed by atoms with E-state index in [1.54, 1.807) is 6.92 Å². The summed E-state index contributed by atoms with van der Waals surface area (Å²) in [7, 11) is 0. The molecular weight excluding hydrogens is 210 g/mol. The van der Waals surface area contributed by atoms with Crippen molar-refractivity contribution in [1.29, 1.82) is 0 Å². The molecule has 1 fully saturated rings. The quantitative estimate of drug-likeness (QED) is 0.696. The maximum atomic E-state index is 11.2. The lowest BCUT2D eigenvalue weighted by Crippen LogP contribution is -2.26. The van der Waals surface area contributed by atoms with Crippen LogP contribution in [0.1, 0.15) is 49.9 Å². The third kappa shape index (κ3) is 3.09. The Morgan fingerprint density at radius 1 is 1.29 bits per heavy atom. The summed E-state index contributed by atoms with van der Waals surface area (Å²) in [5, 5.41) is 0. The number of unbranched alkanes of at least 4 members (excludes halogenated alkanes) is 1. The Morgan fingerprint density at radius 3 is 2.41 bits per heavy atom. The van der Waals surface area contributed by atoms with Crippen LogP contribution in [0.3, 0.4) is 0 Å². The van der Waals surface area contributed by atoms with Crippen molar-refractivity contribution in [2.75, 3.05) is 11.4 Å². The van der Waals surface area contributed by atoms with Gasteiger partial charge in [-0.2, -0.15) is 0 Å². The Hall–Kier alpha value is -1.31. The van der Waals surface area contributed by atoms with Crippen LogP contribution in [0.5, 0.6) is 0 Å². The number of carbonyl (C=O) groups is 1. The number of Topliss-reactive ketones (excluding diaryl/α,β-unsaturated/α-hetero) is 1. The van der Waals surface area contributed by atoms with Crippen LogP contribution in [-0.4, -0.2) is 18.4 Å². The lowest BCUT2D eigenvalue weighted by Gasteiger charge is -2.24. The lowest BCUT2D eigenvalue weighted by atomic mass is 10.1. The van der Waals surface area contributed by atoms with E-state index in [0.717, 1.165) is 18.2 Å². The summed E-state index contributed by atoms with van der Waals surface area (Å²) < 4.78 is 0. The zero-order valence-corrected chi connectivity index (χ0v) is 10.8. The molecular formula is C15H21NO. The van der Waals surface area contributed by atoms with Gasteiger partial charge >= 0.3 is 0 Å². The van der Waals surface area contributed by atoms with Gasteiger partial charge in [-0.1, -0.05) is 13.3 Å². The lowest BCUT2D eigenvalue weighted by molar-refractivity contribution is 0.101. The van der Waals surface area contributed by atoms with E-state index in [1.165, 1.54) is 31.4 Å². The number of benzene rings is 1. The predicted molar refractivity (Wildman–Crippen MR) is 71.7 cm³/mol. The summed E-state index contributed by atoms with van der Waals surface area (Å²) in [6.07, 6.45) is 5.11. The van der Waals surface area contributed by atoms with Gasteiger partial charge < -0.3 is 4.90 Å². The van der Waals surface area contributed by atoms with Gasteiger partial charge in [-0.05, 0) is 50.5 Å². The van der Waals surface area contributed by atoms with Gasteiger partial charge in [-0.25, -0.2) is 0 Å². The van der Waals surface area contributed by atoms with Crippen molar-refractivity contribution in [3.05, 3.63) is 29.8 Å². The second-order valence-corrected chi connectivity index (χ2v) is 4.88. The normalized spacial score (nSPS) is 14.7. The monoisotopic (exact) mass is 231 g/mol. The minimum atomic E-state index is 0.142. The summed E-state index contributed by atoms with van der Waals surface area (Å²) in [4.78, 5) is 13.7. The van der Waals surface area contributed by atoms with Gasteiger partial charge in [0.25, 0.3) is 0 Å². The number of anilines is 1. The largest absolute Gasteiger partial charge is 0.369 e. The molecule has 0 atom stereocenters. The minimum Gasteiger partial charge on any atom is -0.369 e. The highest BCUT2D eigenvalue weighted by Crippen LogP contribution is 2.32. The minimum absolute atomic E-state index is 0.142. The standard InChI is InChI=1S/C15H21NO/c1-3-4-11-16(15-9-10-15)14-7-5-13(6-8-14)12(2)17/h5-8,15H,3-4,9-11H2,1-2H3. The van der Waals surface area contributed by atoms with Crippen LogP contribution < -0.4 is 4.90 Å². The van der Waals surface area contributed by atoms with E-state index >= 15 is 0 Å². The van der Waals surface area contributed by atoms with E-state index in [4.69, 9.17) is 0 Å². The van der Waals surface area contributed by atoms with Gasteiger partial charge in [0, 0.05) is 23.8 Å². The predicted octanol–water partition coefficient (Wildman–Crippen LogP) is 3.66. The highest BCUT2D eigenvalue weighted by atomic mass is 16.1. The zero-order valence-electron chi connectivity index (χ0n) is 10.8. The Balaban J connectivity index is 2.09. The Morgan fingerprint density at radius 2 is 1.94 bits per heavy atom. The first-order valence-electron chi connectivity index (χ1n) is 6.60. The molecule has 0 bridgehead atoms. The van der Waals surface area contributed by atoms with E-state index in [9.17, 15) is 4.79 Å². The van der Waals surface area contributed by atoms with E-state index < -0.39 is 0 Å². The maximum absolute atomic E-state index is 11.2. The van der Waals surface area contributed by atoms with E-state index in [-0.39, 0.29) is 5.78 Å². The first kappa shape index (κ1) is 12.2. The molecule has 1 aliphatic rings. The fourth-order valence-corrected chi connectivity index (χ4v) is 2.12. The molecule has 17 heavy (non-hydrogen) atoms. The molecule has 0 amide bonds. The summed E-state index contributed by atoms with van der Waals surface area (Å²) in [5.41, 5.74) is 2.07. The number of hydrogen-bond donors (Lipinski definition) is 0. The topological polar surface area (TPSA) is 20.3 Å². The molecule has 0 radical (unpaired) electrons. The molecule has 2 nitrogen and oxygen atoms in total. The van der Waals surface area contributed by atoms with Crippen LogP contribution in [0.4, 0.5) is 5.69 Å². The van der Waals surface area contributed by atoms with Crippen LogP contribution >= 0.6 is 0 Å². The third-order valence-corrected chi connectivity index (χ3v) is 3.35. The second-order valence-electron chi connectivity index (χ2n) is 4.88. The smallest absolute Gasteiger partial charge is 0.159 e. The number of ketones is 1. The Kier molecular flexibility index (Phi) is 3.82. The fourth-order valence-electron chi connectivity index (χ4n) is 2.12. The average molecular weight is 231 g/mol. The first-order valence-corrected chi connectivity index (χ1v) is 6.60. The van der Waals surface area contributed by atoms with E-state index in [0.29, 0.717) is 0 Å². The SMILES string of the molecule is CCCCN(c1ccc(C(C)=O)cc1)C1CC1. The van der Waals surface area contributed by atoms with Gasteiger partial charge in [-0.3, -0.25) is 4.79 Å². The number of carbonyl (C=O) groups excluding carboxylic acids is 1. The molecule has 0 aliphatic heterocycles. The summed E-state index contributed by atoms with van der Waals surface area (Å²) in [6.45, 7) is 4.98. The molecule has 0 spiro atoms. The third-order valence-electron chi connectivity index (χ3n) is 3.35. The number of hydrogen-bond acceptors (Lipinski definition) is 2. The molecule has 1 aromatic carbocycles. The molecule has 0 heterocycles. The first-order chi connectivity index (χ1) is 8.22.